The van der Waals surface area contributed by atoms with Crippen LogP contribution in [-0.2, 0) is 0 Å². The molecule has 0 aromatic carbocycles. The minimum atomic E-state index is -0.135. The third kappa shape index (κ3) is 1.84. The number of carbonyl (C=O) groups excluding carboxylic acids is 2. The van der Waals surface area contributed by atoms with Gasteiger partial charge in [0.05, 0.1) is 0 Å². The molecule has 0 saturated carbocycles. The van der Waals surface area contributed by atoms with Crippen molar-refractivity contribution in [3.8, 4) is 0 Å². The van der Waals surface area contributed by atoms with E-state index >= 15 is 0 Å². The lowest BCUT2D eigenvalue weighted by Crippen LogP contribution is -2.74. The van der Waals surface area contributed by atoms with E-state index in [-0.39, 0.29) is 36.2 Å². The van der Waals surface area contributed by atoms with E-state index in [2.05, 4.69) is 13.8 Å². The summed E-state index contributed by atoms with van der Waals surface area (Å²) in [6.07, 6.45) is -0.135. The van der Waals surface area contributed by atoms with Crippen LogP contribution in [0.5, 0.6) is 0 Å². The van der Waals surface area contributed by atoms with E-state index in [9.17, 15) is 9.59 Å². The predicted octanol–water partition coefficient (Wildman–Crippen LogP) is 1.48. The standard InChI is InChI=1S/C14H26N4O2/c1-7-17-10(4)11-9(3)15(5)13(19)18(8-2)12(11)16(6)14(17)20/h9-12H,7-8H2,1-6H3/t9-,10+,11+,12-/m0/s1. The Balaban J connectivity index is 2.45. The van der Waals surface area contributed by atoms with Crippen molar-refractivity contribution in [3.63, 3.8) is 0 Å². The van der Waals surface area contributed by atoms with Crippen molar-refractivity contribution in [2.75, 3.05) is 27.2 Å². The summed E-state index contributed by atoms with van der Waals surface area (Å²) >= 11 is 0. The fraction of sp³-hybridized carbons (Fsp3) is 0.857. The minimum absolute atomic E-state index is 0.0121. The molecular weight excluding hydrogens is 256 g/mol. The second-order valence-electron chi connectivity index (χ2n) is 5.83. The number of carbonyl (C=O) groups is 2. The van der Waals surface area contributed by atoms with Gasteiger partial charge in [-0.2, -0.15) is 0 Å². The number of fused-ring (bicyclic) bond motifs is 1. The fourth-order valence-electron chi connectivity index (χ4n) is 3.77. The molecule has 0 aliphatic carbocycles. The molecule has 2 aliphatic rings. The third-order valence-corrected chi connectivity index (χ3v) is 5.05. The van der Waals surface area contributed by atoms with Crippen molar-refractivity contribution in [2.24, 2.45) is 5.92 Å². The van der Waals surface area contributed by atoms with Crippen LogP contribution in [0.2, 0.25) is 0 Å². The second kappa shape index (κ2) is 5.14. The van der Waals surface area contributed by atoms with E-state index in [1.54, 1.807) is 9.80 Å². The van der Waals surface area contributed by atoms with E-state index in [0.29, 0.717) is 13.1 Å². The smallest absolute Gasteiger partial charge is 0.321 e. The molecule has 114 valence electrons. The number of amides is 4. The number of hydrogen-bond acceptors (Lipinski definition) is 2. The maximum atomic E-state index is 12.5. The summed E-state index contributed by atoms with van der Waals surface area (Å²) in [5.74, 6) is 0.236. The van der Waals surface area contributed by atoms with Gasteiger partial charge in [-0.25, -0.2) is 9.59 Å². The van der Waals surface area contributed by atoms with Gasteiger partial charge < -0.3 is 19.6 Å². The van der Waals surface area contributed by atoms with Gasteiger partial charge in [-0.15, -0.1) is 0 Å². The Morgan fingerprint density at radius 1 is 0.850 bits per heavy atom. The lowest BCUT2D eigenvalue weighted by atomic mass is 9.83. The molecule has 0 spiro atoms. The van der Waals surface area contributed by atoms with Gasteiger partial charge in [0.25, 0.3) is 0 Å². The zero-order valence-corrected chi connectivity index (χ0v) is 13.3. The molecule has 0 aromatic heterocycles. The summed E-state index contributed by atoms with van der Waals surface area (Å²) in [6.45, 7) is 9.46. The summed E-state index contributed by atoms with van der Waals surface area (Å²) in [5, 5.41) is 0. The van der Waals surface area contributed by atoms with Crippen LogP contribution in [-0.4, -0.2) is 77.1 Å². The van der Waals surface area contributed by atoms with Crippen LogP contribution in [0, 0.1) is 5.92 Å². The largest absolute Gasteiger partial charge is 0.324 e. The second-order valence-corrected chi connectivity index (χ2v) is 5.83. The maximum absolute atomic E-state index is 12.5. The van der Waals surface area contributed by atoms with Gasteiger partial charge in [0.15, 0.2) is 0 Å². The van der Waals surface area contributed by atoms with E-state index < -0.39 is 0 Å². The van der Waals surface area contributed by atoms with Crippen LogP contribution >= 0.6 is 0 Å². The van der Waals surface area contributed by atoms with E-state index in [4.69, 9.17) is 0 Å². The molecule has 4 amide bonds. The Labute approximate surface area is 121 Å². The summed E-state index contributed by atoms with van der Waals surface area (Å²) in [7, 11) is 3.66. The van der Waals surface area contributed by atoms with Gasteiger partial charge in [0.2, 0.25) is 0 Å². The summed E-state index contributed by atoms with van der Waals surface area (Å²) in [6, 6.07) is 0.283. The van der Waals surface area contributed by atoms with Gasteiger partial charge >= 0.3 is 12.1 Å². The normalized spacial score (nSPS) is 34.7. The molecule has 20 heavy (non-hydrogen) atoms. The average Bonchev–Trinajstić information content (AvgIpc) is 2.42. The molecule has 2 aliphatic heterocycles. The minimum Gasteiger partial charge on any atom is -0.324 e. The molecule has 2 rings (SSSR count). The van der Waals surface area contributed by atoms with E-state index in [1.165, 1.54) is 0 Å². The van der Waals surface area contributed by atoms with Crippen molar-refractivity contribution < 1.29 is 9.59 Å². The third-order valence-electron chi connectivity index (χ3n) is 5.05. The van der Waals surface area contributed by atoms with Crippen LogP contribution in [0.15, 0.2) is 0 Å². The molecule has 0 aromatic rings. The first-order valence-electron chi connectivity index (χ1n) is 7.43. The maximum Gasteiger partial charge on any atom is 0.321 e. The molecule has 6 nitrogen and oxygen atoms in total. The first kappa shape index (κ1) is 14.9. The van der Waals surface area contributed by atoms with Gasteiger partial charge in [-0.05, 0) is 27.7 Å². The summed E-state index contributed by atoms with van der Waals surface area (Å²) < 4.78 is 0. The van der Waals surface area contributed by atoms with E-state index in [0.717, 1.165) is 0 Å². The van der Waals surface area contributed by atoms with Crippen molar-refractivity contribution >= 4 is 12.1 Å². The Morgan fingerprint density at radius 2 is 1.35 bits per heavy atom. The number of urea groups is 2. The van der Waals surface area contributed by atoms with Crippen LogP contribution < -0.4 is 0 Å². The van der Waals surface area contributed by atoms with Crippen molar-refractivity contribution in [1.82, 2.24) is 19.6 Å². The van der Waals surface area contributed by atoms with E-state index in [1.807, 2.05) is 37.7 Å². The molecule has 2 saturated heterocycles. The Bertz CT molecular complexity index is 414. The molecule has 2 heterocycles. The van der Waals surface area contributed by atoms with Crippen LogP contribution in [0.4, 0.5) is 9.59 Å². The Morgan fingerprint density at radius 3 is 1.85 bits per heavy atom. The monoisotopic (exact) mass is 282 g/mol. The average molecular weight is 282 g/mol. The van der Waals surface area contributed by atoms with Gasteiger partial charge in [-0.1, -0.05) is 0 Å². The van der Waals surface area contributed by atoms with Gasteiger partial charge in [0, 0.05) is 45.2 Å². The topological polar surface area (TPSA) is 47.1 Å². The highest BCUT2D eigenvalue weighted by Crippen LogP contribution is 2.36. The van der Waals surface area contributed by atoms with Crippen LogP contribution in [0.1, 0.15) is 27.7 Å². The summed E-state index contributed by atoms with van der Waals surface area (Å²) in [5.41, 5.74) is 0. The number of nitrogens with zero attached hydrogens (tertiary/aromatic N) is 4. The predicted molar refractivity (Wildman–Crippen MR) is 77.3 cm³/mol. The highest BCUT2D eigenvalue weighted by Gasteiger charge is 2.53. The quantitative estimate of drug-likeness (QED) is 0.770. The molecule has 0 bridgehead atoms. The zero-order valence-electron chi connectivity index (χ0n) is 13.3. The van der Waals surface area contributed by atoms with Crippen molar-refractivity contribution in [1.29, 1.82) is 0 Å². The molecule has 0 unspecified atom stereocenters. The zero-order chi connectivity index (χ0) is 15.2. The first-order valence-corrected chi connectivity index (χ1v) is 7.43. The van der Waals surface area contributed by atoms with Crippen LogP contribution in [0.25, 0.3) is 0 Å². The van der Waals surface area contributed by atoms with Crippen molar-refractivity contribution in [3.05, 3.63) is 0 Å². The van der Waals surface area contributed by atoms with Crippen molar-refractivity contribution in [2.45, 2.75) is 45.9 Å². The molecule has 4 atom stereocenters. The van der Waals surface area contributed by atoms with Crippen LogP contribution in [0.3, 0.4) is 0 Å². The van der Waals surface area contributed by atoms with Gasteiger partial charge in [0.1, 0.15) is 6.17 Å². The molecular formula is C14H26N4O2. The lowest BCUT2D eigenvalue weighted by molar-refractivity contribution is -0.0704. The first-order chi connectivity index (χ1) is 9.36. The highest BCUT2D eigenvalue weighted by atomic mass is 16.2. The molecule has 6 heteroatoms. The van der Waals surface area contributed by atoms with Gasteiger partial charge in [-0.3, -0.25) is 0 Å². The number of rotatable bonds is 2. The lowest BCUT2D eigenvalue weighted by Gasteiger charge is -2.58. The SMILES string of the molecule is CCN1C(=O)N(C)[C@@H]2[C@@H]([C@H]1C)[C@H](C)N(C)C(=O)N2CC. The molecule has 0 radical (unpaired) electrons. The Hall–Kier alpha value is -1.46. The molecule has 0 N–H and O–H groups in total. The summed E-state index contributed by atoms with van der Waals surface area (Å²) in [4.78, 5) is 32.2. The fourth-order valence-corrected chi connectivity index (χ4v) is 3.77. The highest BCUT2D eigenvalue weighted by molar-refractivity contribution is 5.80. The Kier molecular flexibility index (Phi) is 3.84. The number of hydrogen-bond donors (Lipinski definition) is 0. The molecule has 2 fully saturated rings.